The highest BCUT2D eigenvalue weighted by Crippen LogP contribution is 2.07. The fourth-order valence-electron chi connectivity index (χ4n) is 1.79. The molecule has 0 bridgehead atoms. The summed E-state index contributed by atoms with van der Waals surface area (Å²) in [5.41, 5.74) is 3.77. The summed E-state index contributed by atoms with van der Waals surface area (Å²) in [5, 5.41) is 0. The zero-order valence-corrected chi connectivity index (χ0v) is 10.4. The Bertz CT molecular complexity index is 509. The van der Waals surface area contributed by atoms with E-state index in [1.54, 1.807) is 0 Å². The number of hydrogen-bond acceptors (Lipinski definition) is 0. The van der Waals surface area contributed by atoms with Gasteiger partial charge in [0.05, 0.1) is 0 Å². The Hall–Kier alpha value is -1.89. The lowest BCUT2D eigenvalue weighted by atomic mass is 10.1. The second kappa shape index (κ2) is 5.44. The lowest BCUT2D eigenvalue weighted by Gasteiger charge is -1.97. The molecular weight excluding hydrogens is 206 g/mol. The van der Waals surface area contributed by atoms with Gasteiger partial charge >= 0.3 is 0 Å². The SMILES string of the molecule is CC[n+]1ccccc1C=Cc1ccc(C)cc1. The first-order valence-corrected chi connectivity index (χ1v) is 6.03. The summed E-state index contributed by atoms with van der Waals surface area (Å²) in [4.78, 5) is 0. The van der Waals surface area contributed by atoms with Crippen molar-refractivity contribution in [1.82, 2.24) is 0 Å². The Morgan fingerprint density at radius 1 is 1.00 bits per heavy atom. The Labute approximate surface area is 103 Å². The van der Waals surface area contributed by atoms with Gasteiger partial charge in [0.25, 0.3) is 0 Å². The molecule has 0 amide bonds. The van der Waals surface area contributed by atoms with Gasteiger partial charge in [-0.15, -0.1) is 0 Å². The van der Waals surface area contributed by atoms with Crippen LogP contribution in [0.2, 0.25) is 0 Å². The number of benzene rings is 1. The van der Waals surface area contributed by atoms with Crippen molar-refractivity contribution in [3.63, 3.8) is 0 Å². The van der Waals surface area contributed by atoms with Gasteiger partial charge in [-0.25, -0.2) is 0 Å². The van der Waals surface area contributed by atoms with Crippen molar-refractivity contribution < 1.29 is 4.57 Å². The maximum absolute atomic E-state index is 2.23. The van der Waals surface area contributed by atoms with Crippen molar-refractivity contribution in [3.05, 3.63) is 65.5 Å². The van der Waals surface area contributed by atoms with E-state index in [0.717, 1.165) is 6.54 Å². The quantitative estimate of drug-likeness (QED) is 0.703. The molecule has 0 spiro atoms. The van der Waals surface area contributed by atoms with E-state index in [9.17, 15) is 0 Å². The van der Waals surface area contributed by atoms with E-state index >= 15 is 0 Å². The zero-order valence-electron chi connectivity index (χ0n) is 10.4. The van der Waals surface area contributed by atoms with Crippen LogP contribution in [0.1, 0.15) is 23.7 Å². The van der Waals surface area contributed by atoms with Crippen LogP contribution >= 0.6 is 0 Å². The summed E-state index contributed by atoms with van der Waals surface area (Å²) in [5.74, 6) is 0. The van der Waals surface area contributed by atoms with Crippen molar-refractivity contribution in [2.24, 2.45) is 0 Å². The molecule has 0 atom stereocenters. The lowest BCUT2D eigenvalue weighted by Crippen LogP contribution is -2.34. The Balaban J connectivity index is 2.22. The average Bonchev–Trinajstić information content (AvgIpc) is 2.38. The minimum atomic E-state index is 0.994. The van der Waals surface area contributed by atoms with E-state index in [2.05, 4.69) is 79.2 Å². The standard InChI is InChI=1S/C16H18N/c1-3-17-13-5-4-6-16(17)12-11-15-9-7-14(2)8-10-15/h4-13H,3H2,1-2H3/q+1. The van der Waals surface area contributed by atoms with Crippen LogP contribution < -0.4 is 4.57 Å². The predicted molar refractivity (Wildman–Crippen MR) is 72.4 cm³/mol. The van der Waals surface area contributed by atoms with Gasteiger partial charge in [-0.05, 0) is 31.6 Å². The van der Waals surface area contributed by atoms with Crippen LogP contribution in [0.3, 0.4) is 0 Å². The molecule has 0 N–H and O–H groups in total. The van der Waals surface area contributed by atoms with Gasteiger partial charge in [0.15, 0.2) is 6.20 Å². The molecule has 0 unspecified atom stereocenters. The van der Waals surface area contributed by atoms with Crippen LogP contribution in [0.4, 0.5) is 0 Å². The summed E-state index contributed by atoms with van der Waals surface area (Å²) in [6.45, 7) is 5.26. The van der Waals surface area contributed by atoms with E-state index < -0.39 is 0 Å². The van der Waals surface area contributed by atoms with E-state index in [1.807, 2.05) is 0 Å². The minimum absolute atomic E-state index is 0.994. The molecular formula is C16H18N+. The predicted octanol–water partition coefficient (Wildman–Crippen LogP) is 3.47. The molecule has 2 aromatic rings. The third-order valence-electron chi connectivity index (χ3n) is 2.84. The average molecular weight is 224 g/mol. The van der Waals surface area contributed by atoms with Gasteiger partial charge in [-0.2, -0.15) is 4.57 Å². The number of pyridine rings is 1. The Morgan fingerprint density at radius 3 is 2.47 bits per heavy atom. The number of rotatable bonds is 3. The third kappa shape index (κ3) is 3.04. The van der Waals surface area contributed by atoms with Crippen molar-refractivity contribution in [3.8, 4) is 0 Å². The number of hydrogen-bond donors (Lipinski definition) is 0. The monoisotopic (exact) mass is 224 g/mol. The molecule has 0 aliphatic heterocycles. The second-order valence-electron chi connectivity index (χ2n) is 4.16. The van der Waals surface area contributed by atoms with Crippen LogP contribution in [0.15, 0.2) is 48.7 Å². The first kappa shape index (κ1) is 11.6. The maximum atomic E-state index is 2.23. The minimum Gasteiger partial charge on any atom is -0.199 e. The highest BCUT2D eigenvalue weighted by molar-refractivity contribution is 5.66. The molecule has 1 heteroatoms. The molecule has 0 radical (unpaired) electrons. The fraction of sp³-hybridized carbons (Fsp3) is 0.188. The number of nitrogens with zero attached hydrogens (tertiary/aromatic N) is 1. The van der Waals surface area contributed by atoms with Crippen LogP contribution in [0.25, 0.3) is 12.2 Å². The molecule has 0 aliphatic carbocycles. The van der Waals surface area contributed by atoms with Crippen molar-refractivity contribution >= 4 is 12.2 Å². The fourth-order valence-corrected chi connectivity index (χ4v) is 1.79. The van der Waals surface area contributed by atoms with E-state index in [4.69, 9.17) is 0 Å². The lowest BCUT2D eigenvalue weighted by molar-refractivity contribution is -0.695. The molecule has 1 heterocycles. The smallest absolute Gasteiger partial charge is 0.199 e. The van der Waals surface area contributed by atoms with Crippen molar-refractivity contribution in [2.45, 2.75) is 20.4 Å². The van der Waals surface area contributed by atoms with Gasteiger partial charge in [0, 0.05) is 18.2 Å². The normalized spacial score (nSPS) is 10.9. The molecule has 0 fully saturated rings. The van der Waals surface area contributed by atoms with Gasteiger partial charge in [-0.3, -0.25) is 0 Å². The van der Waals surface area contributed by atoms with Crippen LogP contribution in [-0.2, 0) is 6.54 Å². The van der Waals surface area contributed by atoms with Crippen molar-refractivity contribution in [1.29, 1.82) is 0 Å². The molecule has 1 aromatic carbocycles. The molecule has 0 saturated heterocycles. The molecule has 17 heavy (non-hydrogen) atoms. The molecule has 0 saturated carbocycles. The van der Waals surface area contributed by atoms with Gasteiger partial charge in [0.2, 0.25) is 5.69 Å². The zero-order chi connectivity index (χ0) is 12.1. The third-order valence-corrected chi connectivity index (χ3v) is 2.84. The molecule has 2 rings (SSSR count). The van der Waals surface area contributed by atoms with Crippen LogP contribution in [0, 0.1) is 6.92 Å². The van der Waals surface area contributed by atoms with E-state index in [0.29, 0.717) is 0 Å². The van der Waals surface area contributed by atoms with Crippen molar-refractivity contribution in [2.75, 3.05) is 0 Å². The molecule has 0 aliphatic rings. The highest BCUT2D eigenvalue weighted by atomic mass is 14.9. The van der Waals surface area contributed by atoms with Gasteiger partial charge in [0.1, 0.15) is 6.54 Å². The van der Waals surface area contributed by atoms with Gasteiger partial charge in [-0.1, -0.05) is 29.8 Å². The Morgan fingerprint density at radius 2 is 1.76 bits per heavy atom. The van der Waals surface area contributed by atoms with Crippen LogP contribution in [-0.4, -0.2) is 0 Å². The molecule has 1 nitrogen and oxygen atoms in total. The molecule has 86 valence electrons. The Kier molecular flexibility index (Phi) is 3.71. The number of aromatic nitrogens is 1. The summed E-state index contributed by atoms with van der Waals surface area (Å²) in [6.07, 6.45) is 6.42. The van der Waals surface area contributed by atoms with E-state index in [1.165, 1.54) is 16.8 Å². The first-order valence-electron chi connectivity index (χ1n) is 6.03. The topological polar surface area (TPSA) is 3.88 Å². The number of aryl methyl sites for hydroxylation is 2. The maximum Gasteiger partial charge on any atom is 0.205 e. The molecule has 1 aromatic heterocycles. The first-order chi connectivity index (χ1) is 8.29. The highest BCUT2D eigenvalue weighted by Gasteiger charge is 2.01. The summed E-state index contributed by atoms with van der Waals surface area (Å²) in [6, 6.07) is 14.8. The summed E-state index contributed by atoms with van der Waals surface area (Å²) < 4.78 is 2.23. The summed E-state index contributed by atoms with van der Waals surface area (Å²) >= 11 is 0. The van der Waals surface area contributed by atoms with E-state index in [-0.39, 0.29) is 0 Å². The van der Waals surface area contributed by atoms with Crippen LogP contribution in [0.5, 0.6) is 0 Å². The second-order valence-corrected chi connectivity index (χ2v) is 4.16. The van der Waals surface area contributed by atoms with Gasteiger partial charge < -0.3 is 0 Å². The largest absolute Gasteiger partial charge is 0.205 e. The summed E-state index contributed by atoms with van der Waals surface area (Å²) in [7, 11) is 0.